The number of rotatable bonds is 6. The van der Waals surface area contributed by atoms with Gasteiger partial charge in [-0.15, -0.1) is 0 Å². The summed E-state index contributed by atoms with van der Waals surface area (Å²) < 4.78 is 0. The summed E-state index contributed by atoms with van der Waals surface area (Å²) in [5.74, 6) is 0. The molecule has 0 aromatic rings. The lowest BCUT2D eigenvalue weighted by atomic mass is 10.1. The van der Waals surface area contributed by atoms with Gasteiger partial charge >= 0.3 is 0 Å². The average molecular weight is 186 g/mol. The quantitative estimate of drug-likeness (QED) is 0.450. The predicted octanol–water partition coefficient (Wildman–Crippen LogP) is 3.08. The number of nitrogens with zero attached hydrogens (tertiary/aromatic N) is 2. The zero-order valence-electron chi connectivity index (χ0n) is 8.19. The van der Waals surface area contributed by atoms with E-state index in [4.69, 9.17) is 0 Å². The standard InChI is InChI=1S/C12H14N2/c1-5-11(6-2)12(9-13-7-3)10-14-8-4/h5-10H,1-4H2. The second kappa shape index (κ2) is 7.68. The van der Waals surface area contributed by atoms with Crippen molar-refractivity contribution in [2.24, 2.45) is 9.98 Å². The van der Waals surface area contributed by atoms with Crippen LogP contribution in [0.3, 0.4) is 0 Å². The van der Waals surface area contributed by atoms with E-state index < -0.39 is 0 Å². The molecule has 0 radical (unpaired) electrons. The van der Waals surface area contributed by atoms with Crippen LogP contribution in [-0.4, -0.2) is 12.4 Å². The Balaban J connectivity index is 5.13. The minimum atomic E-state index is 0.815. The third-order valence-corrected chi connectivity index (χ3v) is 1.41. The summed E-state index contributed by atoms with van der Waals surface area (Å²) in [6.07, 6.45) is 9.55. The first kappa shape index (κ1) is 12.0. The van der Waals surface area contributed by atoms with Crippen LogP contribution >= 0.6 is 0 Å². The van der Waals surface area contributed by atoms with Crippen LogP contribution < -0.4 is 0 Å². The molecule has 0 aliphatic heterocycles. The molecule has 0 unspecified atom stereocenters. The highest BCUT2D eigenvalue weighted by Crippen LogP contribution is 2.03. The monoisotopic (exact) mass is 186 g/mol. The van der Waals surface area contributed by atoms with E-state index in [2.05, 4.69) is 36.3 Å². The van der Waals surface area contributed by atoms with Gasteiger partial charge in [0.2, 0.25) is 0 Å². The minimum Gasteiger partial charge on any atom is -0.265 e. The fraction of sp³-hybridized carbons (Fsp3) is 0. The van der Waals surface area contributed by atoms with Gasteiger partial charge < -0.3 is 0 Å². The highest BCUT2D eigenvalue weighted by molar-refractivity contribution is 6.06. The molecule has 0 amide bonds. The largest absolute Gasteiger partial charge is 0.265 e. The normalized spacial score (nSPS) is 10.0. The summed E-state index contributed by atoms with van der Waals surface area (Å²) in [5, 5.41) is 0. The van der Waals surface area contributed by atoms with Gasteiger partial charge in [0, 0.05) is 30.4 Å². The Hall–Kier alpha value is -1.96. The van der Waals surface area contributed by atoms with Gasteiger partial charge in [-0.25, -0.2) is 0 Å². The van der Waals surface area contributed by atoms with Gasteiger partial charge in [-0.2, -0.15) is 0 Å². The summed E-state index contributed by atoms with van der Waals surface area (Å²) in [6, 6.07) is 0. The molecule has 0 aliphatic carbocycles. The van der Waals surface area contributed by atoms with Gasteiger partial charge in [0.15, 0.2) is 0 Å². The lowest BCUT2D eigenvalue weighted by molar-refractivity contribution is 1.57. The summed E-state index contributed by atoms with van der Waals surface area (Å²) >= 11 is 0. The van der Waals surface area contributed by atoms with Gasteiger partial charge in [-0.05, 0) is 5.57 Å². The third kappa shape index (κ3) is 4.16. The van der Waals surface area contributed by atoms with Crippen molar-refractivity contribution in [3.05, 3.63) is 62.0 Å². The van der Waals surface area contributed by atoms with Crippen molar-refractivity contribution in [3.8, 4) is 0 Å². The Kier molecular flexibility index (Phi) is 6.60. The molecule has 0 rings (SSSR count). The summed E-state index contributed by atoms with van der Waals surface area (Å²) in [7, 11) is 0. The molecule has 0 fully saturated rings. The van der Waals surface area contributed by atoms with Crippen LogP contribution in [-0.2, 0) is 0 Å². The molecule has 0 heterocycles. The topological polar surface area (TPSA) is 24.7 Å². The Labute approximate surface area is 85.1 Å². The van der Waals surface area contributed by atoms with Gasteiger partial charge in [-0.3, -0.25) is 9.98 Å². The third-order valence-electron chi connectivity index (χ3n) is 1.41. The van der Waals surface area contributed by atoms with Crippen molar-refractivity contribution in [3.63, 3.8) is 0 Å². The maximum Gasteiger partial charge on any atom is 0.0361 e. The smallest absolute Gasteiger partial charge is 0.0361 e. The van der Waals surface area contributed by atoms with Crippen LogP contribution in [0.1, 0.15) is 0 Å². The minimum absolute atomic E-state index is 0.815. The first-order chi connectivity index (χ1) is 6.79. The first-order valence-electron chi connectivity index (χ1n) is 4.07. The SMILES string of the molecule is C=CN=CC(C=NC=C)=C(C=C)C=C. The van der Waals surface area contributed by atoms with Gasteiger partial charge in [0.1, 0.15) is 0 Å². The molecule has 0 saturated carbocycles. The second-order valence-electron chi connectivity index (χ2n) is 2.24. The fourth-order valence-corrected chi connectivity index (χ4v) is 0.767. The van der Waals surface area contributed by atoms with E-state index in [1.807, 2.05) is 0 Å². The highest BCUT2D eigenvalue weighted by atomic mass is 14.7. The molecule has 72 valence electrons. The number of hydrogen-bond donors (Lipinski definition) is 0. The molecule has 2 heteroatoms. The Morgan fingerprint density at radius 3 is 1.43 bits per heavy atom. The molecule has 0 aromatic carbocycles. The molecule has 14 heavy (non-hydrogen) atoms. The lowest BCUT2D eigenvalue weighted by Gasteiger charge is -1.96. The van der Waals surface area contributed by atoms with E-state index in [-0.39, 0.29) is 0 Å². The molecule has 0 saturated heterocycles. The molecular formula is C12H14N2. The van der Waals surface area contributed by atoms with Crippen molar-refractivity contribution in [1.29, 1.82) is 0 Å². The number of aliphatic imine (C=N–C) groups is 2. The van der Waals surface area contributed by atoms with Crippen LogP contribution in [0.5, 0.6) is 0 Å². The maximum absolute atomic E-state index is 3.90. The highest BCUT2D eigenvalue weighted by Gasteiger charge is 1.93. The van der Waals surface area contributed by atoms with Crippen LogP contribution in [0.25, 0.3) is 0 Å². The Morgan fingerprint density at radius 2 is 1.14 bits per heavy atom. The summed E-state index contributed by atoms with van der Waals surface area (Å²) in [6.45, 7) is 14.3. The van der Waals surface area contributed by atoms with E-state index >= 15 is 0 Å². The predicted molar refractivity (Wildman–Crippen MR) is 64.8 cm³/mol. The molecule has 0 N–H and O–H groups in total. The van der Waals surface area contributed by atoms with Crippen molar-refractivity contribution >= 4 is 12.4 Å². The molecule has 0 spiro atoms. The molecule has 2 nitrogen and oxygen atoms in total. The summed E-state index contributed by atoms with van der Waals surface area (Å²) in [5.41, 5.74) is 1.68. The van der Waals surface area contributed by atoms with Crippen molar-refractivity contribution in [1.82, 2.24) is 0 Å². The van der Waals surface area contributed by atoms with Gasteiger partial charge in [0.25, 0.3) is 0 Å². The molecular weight excluding hydrogens is 172 g/mol. The van der Waals surface area contributed by atoms with E-state index in [0.29, 0.717) is 0 Å². The Morgan fingerprint density at radius 1 is 0.714 bits per heavy atom. The maximum atomic E-state index is 3.90. The molecule has 0 bridgehead atoms. The van der Waals surface area contributed by atoms with Crippen LogP contribution in [0.15, 0.2) is 72.0 Å². The zero-order valence-corrected chi connectivity index (χ0v) is 8.19. The van der Waals surface area contributed by atoms with Gasteiger partial charge in [0.05, 0.1) is 0 Å². The lowest BCUT2D eigenvalue weighted by Crippen LogP contribution is -1.90. The van der Waals surface area contributed by atoms with Crippen LogP contribution in [0, 0.1) is 0 Å². The van der Waals surface area contributed by atoms with E-state index in [1.54, 1.807) is 24.6 Å². The molecule has 0 atom stereocenters. The fourth-order valence-electron chi connectivity index (χ4n) is 0.767. The average Bonchev–Trinajstić information content (AvgIpc) is 2.22. The molecule has 0 aliphatic rings. The van der Waals surface area contributed by atoms with Crippen LogP contribution in [0.4, 0.5) is 0 Å². The Bertz CT molecular complexity index is 287. The number of hydrogen-bond acceptors (Lipinski definition) is 2. The van der Waals surface area contributed by atoms with Crippen molar-refractivity contribution < 1.29 is 0 Å². The van der Waals surface area contributed by atoms with Gasteiger partial charge in [-0.1, -0.05) is 38.5 Å². The first-order valence-corrected chi connectivity index (χ1v) is 4.07. The molecule has 0 aromatic heterocycles. The van der Waals surface area contributed by atoms with E-state index in [9.17, 15) is 0 Å². The zero-order chi connectivity index (χ0) is 10.8. The van der Waals surface area contributed by atoms with Crippen molar-refractivity contribution in [2.45, 2.75) is 0 Å². The second-order valence-corrected chi connectivity index (χ2v) is 2.24. The van der Waals surface area contributed by atoms with Crippen molar-refractivity contribution in [2.75, 3.05) is 0 Å². The van der Waals surface area contributed by atoms with Crippen LogP contribution in [0.2, 0.25) is 0 Å². The van der Waals surface area contributed by atoms with E-state index in [0.717, 1.165) is 11.1 Å². The summed E-state index contributed by atoms with van der Waals surface area (Å²) in [4.78, 5) is 7.80. The number of allylic oxidation sites excluding steroid dienone is 4. The van der Waals surface area contributed by atoms with E-state index in [1.165, 1.54) is 12.4 Å².